The van der Waals surface area contributed by atoms with Gasteiger partial charge in [0, 0.05) is 5.92 Å². The molecule has 21 heavy (non-hydrogen) atoms. The van der Waals surface area contributed by atoms with Gasteiger partial charge < -0.3 is 10.3 Å². The van der Waals surface area contributed by atoms with Crippen LogP contribution in [0.5, 0.6) is 0 Å². The Morgan fingerprint density at radius 2 is 2.05 bits per heavy atom. The molecule has 0 spiro atoms. The molecule has 2 heterocycles. The van der Waals surface area contributed by atoms with Crippen LogP contribution in [0.2, 0.25) is 0 Å². The second kappa shape index (κ2) is 5.40. The number of nitrogens with zero attached hydrogens (tertiary/aromatic N) is 4. The maximum Gasteiger partial charge on any atom is 0.263 e. The van der Waals surface area contributed by atoms with Crippen molar-refractivity contribution in [3.8, 4) is 17.1 Å². The van der Waals surface area contributed by atoms with Crippen molar-refractivity contribution in [1.29, 1.82) is 0 Å². The molecule has 2 N–H and O–H groups in total. The number of aromatic nitrogens is 4. The molecule has 1 atom stereocenters. The Morgan fingerprint density at radius 3 is 2.76 bits per heavy atom. The van der Waals surface area contributed by atoms with Gasteiger partial charge in [0.25, 0.3) is 5.89 Å². The SMILES string of the molecule is CCC(C)c1noc(-c2cnn(-c3ccccc3)c2N)n1. The first-order valence-corrected chi connectivity index (χ1v) is 6.93. The van der Waals surface area contributed by atoms with Gasteiger partial charge in [-0.1, -0.05) is 37.2 Å². The minimum atomic E-state index is 0.257. The predicted octanol–water partition coefficient (Wildman–Crippen LogP) is 3.02. The number of nitrogen functional groups attached to an aromatic ring is 1. The van der Waals surface area contributed by atoms with Crippen molar-refractivity contribution < 1.29 is 4.52 Å². The van der Waals surface area contributed by atoms with Crippen molar-refractivity contribution in [1.82, 2.24) is 19.9 Å². The molecule has 1 unspecified atom stereocenters. The second-order valence-electron chi connectivity index (χ2n) is 4.96. The average Bonchev–Trinajstić information content (AvgIpc) is 3.14. The normalized spacial score (nSPS) is 12.5. The van der Waals surface area contributed by atoms with Crippen LogP contribution < -0.4 is 5.73 Å². The van der Waals surface area contributed by atoms with Gasteiger partial charge in [0.15, 0.2) is 5.82 Å². The number of rotatable bonds is 4. The van der Waals surface area contributed by atoms with Crippen LogP contribution in [-0.2, 0) is 0 Å². The first kappa shape index (κ1) is 13.4. The van der Waals surface area contributed by atoms with E-state index in [0.717, 1.165) is 12.1 Å². The number of hydrogen-bond donors (Lipinski definition) is 1. The summed E-state index contributed by atoms with van der Waals surface area (Å²) in [5.41, 5.74) is 7.70. The lowest BCUT2D eigenvalue weighted by Gasteiger charge is -2.03. The van der Waals surface area contributed by atoms with Crippen LogP contribution in [0.1, 0.15) is 32.0 Å². The minimum absolute atomic E-state index is 0.257. The highest BCUT2D eigenvalue weighted by Gasteiger charge is 2.18. The van der Waals surface area contributed by atoms with E-state index < -0.39 is 0 Å². The molecular formula is C15H17N5O. The molecule has 0 aliphatic heterocycles. The molecule has 0 saturated heterocycles. The van der Waals surface area contributed by atoms with Crippen molar-refractivity contribution in [2.45, 2.75) is 26.2 Å². The molecule has 6 nitrogen and oxygen atoms in total. The zero-order valence-corrected chi connectivity index (χ0v) is 12.0. The first-order valence-electron chi connectivity index (χ1n) is 6.93. The van der Waals surface area contributed by atoms with Crippen LogP contribution in [0, 0.1) is 0 Å². The summed E-state index contributed by atoms with van der Waals surface area (Å²) in [6.45, 7) is 4.15. The molecule has 1 aromatic carbocycles. The lowest BCUT2D eigenvalue weighted by atomic mass is 10.1. The van der Waals surface area contributed by atoms with Crippen molar-refractivity contribution in [3.05, 3.63) is 42.4 Å². The fraction of sp³-hybridized carbons (Fsp3) is 0.267. The Kier molecular flexibility index (Phi) is 3.43. The number of benzene rings is 1. The van der Waals surface area contributed by atoms with E-state index in [1.54, 1.807) is 10.9 Å². The topological polar surface area (TPSA) is 82.8 Å². The van der Waals surface area contributed by atoms with E-state index >= 15 is 0 Å². The molecule has 3 rings (SSSR count). The van der Waals surface area contributed by atoms with E-state index in [0.29, 0.717) is 23.1 Å². The number of anilines is 1. The summed E-state index contributed by atoms with van der Waals surface area (Å²) in [5, 5.41) is 8.31. The summed E-state index contributed by atoms with van der Waals surface area (Å²) < 4.78 is 6.96. The Labute approximate surface area is 122 Å². The van der Waals surface area contributed by atoms with E-state index in [1.165, 1.54) is 0 Å². The minimum Gasteiger partial charge on any atom is -0.383 e. The van der Waals surface area contributed by atoms with Gasteiger partial charge in [0.2, 0.25) is 0 Å². The van der Waals surface area contributed by atoms with Crippen LogP contribution >= 0.6 is 0 Å². The zero-order valence-electron chi connectivity index (χ0n) is 12.0. The molecule has 108 valence electrons. The smallest absolute Gasteiger partial charge is 0.263 e. The highest BCUT2D eigenvalue weighted by molar-refractivity contribution is 5.68. The van der Waals surface area contributed by atoms with Crippen LogP contribution in [0.3, 0.4) is 0 Å². The maximum absolute atomic E-state index is 6.16. The van der Waals surface area contributed by atoms with Gasteiger partial charge in [-0.2, -0.15) is 10.1 Å². The van der Waals surface area contributed by atoms with E-state index in [1.807, 2.05) is 30.3 Å². The Hall–Kier alpha value is -2.63. The Balaban J connectivity index is 1.97. The highest BCUT2D eigenvalue weighted by Crippen LogP contribution is 2.27. The fourth-order valence-corrected chi connectivity index (χ4v) is 2.02. The molecule has 6 heteroatoms. The predicted molar refractivity (Wildman–Crippen MR) is 80.0 cm³/mol. The fourth-order valence-electron chi connectivity index (χ4n) is 2.02. The molecule has 0 aliphatic rings. The number of nitrogens with two attached hydrogens (primary N) is 1. The van der Waals surface area contributed by atoms with E-state index in [-0.39, 0.29) is 5.92 Å². The summed E-state index contributed by atoms with van der Waals surface area (Å²) >= 11 is 0. The van der Waals surface area contributed by atoms with Gasteiger partial charge in [0.1, 0.15) is 11.4 Å². The molecule has 0 saturated carbocycles. The third-order valence-electron chi connectivity index (χ3n) is 3.53. The second-order valence-corrected chi connectivity index (χ2v) is 4.96. The Bertz CT molecular complexity index is 732. The van der Waals surface area contributed by atoms with E-state index in [2.05, 4.69) is 29.1 Å². The van der Waals surface area contributed by atoms with Crippen LogP contribution in [0.25, 0.3) is 17.1 Å². The van der Waals surface area contributed by atoms with Crippen LogP contribution in [0.4, 0.5) is 5.82 Å². The molecular weight excluding hydrogens is 266 g/mol. The van der Waals surface area contributed by atoms with Gasteiger partial charge in [-0.25, -0.2) is 4.68 Å². The number of para-hydroxylation sites is 1. The van der Waals surface area contributed by atoms with Crippen LogP contribution in [-0.4, -0.2) is 19.9 Å². The molecule has 0 aliphatic carbocycles. The van der Waals surface area contributed by atoms with Crippen molar-refractivity contribution in [2.75, 3.05) is 5.73 Å². The summed E-state index contributed by atoms with van der Waals surface area (Å²) in [6.07, 6.45) is 2.61. The van der Waals surface area contributed by atoms with Crippen LogP contribution in [0.15, 0.2) is 41.1 Å². The molecule has 3 aromatic rings. The van der Waals surface area contributed by atoms with Gasteiger partial charge in [-0.3, -0.25) is 0 Å². The highest BCUT2D eigenvalue weighted by atomic mass is 16.5. The van der Waals surface area contributed by atoms with Crippen molar-refractivity contribution >= 4 is 5.82 Å². The number of hydrogen-bond acceptors (Lipinski definition) is 5. The summed E-state index contributed by atoms with van der Waals surface area (Å²) in [4.78, 5) is 4.41. The van der Waals surface area contributed by atoms with Gasteiger partial charge in [-0.05, 0) is 18.6 Å². The van der Waals surface area contributed by atoms with Crippen molar-refractivity contribution in [3.63, 3.8) is 0 Å². The molecule has 2 aromatic heterocycles. The average molecular weight is 283 g/mol. The summed E-state index contributed by atoms with van der Waals surface area (Å²) in [6, 6.07) is 9.69. The molecule has 0 radical (unpaired) electrons. The molecule has 0 fully saturated rings. The van der Waals surface area contributed by atoms with Gasteiger partial charge in [-0.15, -0.1) is 0 Å². The van der Waals surface area contributed by atoms with E-state index in [9.17, 15) is 0 Å². The van der Waals surface area contributed by atoms with Crippen molar-refractivity contribution in [2.24, 2.45) is 0 Å². The zero-order chi connectivity index (χ0) is 14.8. The lowest BCUT2D eigenvalue weighted by molar-refractivity contribution is 0.416. The third-order valence-corrected chi connectivity index (χ3v) is 3.53. The quantitative estimate of drug-likeness (QED) is 0.795. The molecule has 0 bridgehead atoms. The third kappa shape index (κ3) is 2.40. The summed E-state index contributed by atoms with van der Waals surface area (Å²) in [5.74, 6) is 1.85. The molecule has 0 amide bonds. The standard InChI is InChI=1S/C15H17N5O/c1-3-10(2)14-18-15(21-19-14)12-9-17-20(13(12)16)11-7-5-4-6-8-11/h4-10H,3,16H2,1-2H3. The van der Waals surface area contributed by atoms with Gasteiger partial charge >= 0.3 is 0 Å². The van der Waals surface area contributed by atoms with E-state index in [4.69, 9.17) is 10.3 Å². The summed E-state index contributed by atoms with van der Waals surface area (Å²) in [7, 11) is 0. The largest absolute Gasteiger partial charge is 0.383 e. The maximum atomic E-state index is 6.16. The lowest BCUT2D eigenvalue weighted by Crippen LogP contribution is -2.02. The van der Waals surface area contributed by atoms with Gasteiger partial charge in [0.05, 0.1) is 11.9 Å². The monoisotopic (exact) mass is 283 g/mol. The Morgan fingerprint density at radius 1 is 1.29 bits per heavy atom. The first-order chi connectivity index (χ1) is 10.2.